The second-order valence-electron chi connectivity index (χ2n) is 11.0. The number of fused-ring (bicyclic) bond motifs is 1. The van der Waals surface area contributed by atoms with Gasteiger partial charge in [-0.2, -0.15) is 0 Å². The number of hydrogen-bond donors (Lipinski definition) is 0. The Labute approximate surface area is 269 Å². The third-order valence-electron chi connectivity index (χ3n) is 7.83. The second-order valence-corrected chi connectivity index (χ2v) is 11.0. The van der Waals surface area contributed by atoms with E-state index in [1.807, 2.05) is 115 Å². The van der Waals surface area contributed by atoms with Crippen LogP contribution < -0.4 is 14.2 Å². The average Bonchev–Trinajstić information content (AvgIpc) is 3.37. The highest BCUT2D eigenvalue weighted by molar-refractivity contribution is 5.93. The predicted octanol–water partition coefficient (Wildman–Crippen LogP) is 8.79. The number of nitrogens with zero attached hydrogens (tertiary/aromatic N) is 1. The van der Waals surface area contributed by atoms with E-state index in [0.29, 0.717) is 19.0 Å². The Bertz CT molecular complexity index is 1870. The van der Waals surface area contributed by atoms with Crippen LogP contribution in [0, 0.1) is 6.92 Å². The number of carbonyl (C=O) groups excluding carboxylic acids is 1. The fourth-order valence-corrected chi connectivity index (χ4v) is 5.57. The Hall–Kier alpha value is -5.49. The Morgan fingerprint density at radius 1 is 0.674 bits per heavy atom. The van der Waals surface area contributed by atoms with Crippen LogP contribution in [0.4, 0.5) is 0 Å². The van der Waals surface area contributed by atoms with Gasteiger partial charge in [-0.3, -0.25) is 0 Å². The molecule has 6 nitrogen and oxygen atoms in total. The predicted molar refractivity (Wildman–Crippen MR) is 181 cm³/mol. The summed E-state index contributed by atoms with van der Waals surface area (Å²) in [6.45, 7) is 5.38. The van der Waals surface area contributed by atoms with Crippen molar-refractivity contribution in [2.45, 2.75) is 39.7 Å². The van der Waals surface area contributed by atoms with Gasteiger partial charge in [0.2, 0.25) is 6.10 Å². The van der Waals surface area contributed by atoms with Gasteiger partial charge in [-0.15, -0.1) is 0 Å². The van der Waals surface area contributed by atoms with Crippen molar-refractivity contribution >= 4 is 16.9 Å². The van der Waals surface area contributed by atoms with Crippen LogP contribution in [-0.4, -0.2) is 23.2 Å². The molecule has 6 heteroatoms. The van der Waals surface area contributed by atoms with Crippen molar-refractivity contribution in [3.63, 3.8) is 0 Å². The zero-order valence-electron chi connectivity index (χ0n) is 26.1. The first kappa shape index (κ1) is 30.5. The van der Waals surface area contributed by atoms with E-state index < -0.39 is 12.1 Å². The number of ether oxygens (including phenoxy) is 4. The van der Waals surface area contributed by atoms with Crippen molar-refractivity contribution < 1.29 is 23.7 Å². The van der Waals surface area contributed by atoms with Crippen molar-refractivity contribution in [1.29, 1.82) is 0 Å². The molecular formula is C40H37NO5. The molecule has 0 amide bonds. The molecule has 1 atom stereocenters. The smallest absolute Gasteiger partial charge is 0.349 e. The molecule has 6 aromatic rings. The first-order chi connectivity index (χ1) is 22.6. The molecule has 0 fully saturated rings. The van der Waals surface area contributed by atoms with Gasteiger partial charge in [-0.05, 0) is 90.7 Å². The van der Waals surface area contributed by atoms with Crippen LogP contribution in [0.2, 0.25) is 0 Å². The van der Waals surface area contributed by atoms with E-state index in [2.05, 4.69) is 29.7 Å². The van der Waals surface area contributed by atoms with Crippen LogP contribution >= 0.6 is 0 Å². The quantitative estimate of drug-likeness (QED) is 0.122. The molecule has 5 aromatic carbocycles. The molecule has 0 N–H and O–H groups in total. The number of aryl methyl sites for hydroxylation is 1. The summed E-state index contributed by atoms with van der Waals surface area (Å²) in [7, 11) is 0. The molecule has 1 aromatic heterocycles. The standard InChI is InChI=1S/C40H37NO5/c1-3-43-40(42)38(46-34-17-11-6-12-18-34)26-41-37-24-23-35(45-28-31-15-9-5-10-16-31)25-36(37)29(2)39(41)32-19-21-33(22-20-32)44-27-30-13-7-4-8-14-30/h4-25,38H,3,26-28H2,1-2H3. The Kier molecular flexibility index (Phi) is 9.64. The van der Waals surface area contributed by atoms with Crippen LogP contribution in [0.5, 0.6) is 17.2 Å². The molecule has 1 unspecified atom stereocenters. The van der Waals surface area contributed by atoms with Crippen molar-refractivity contribution in [1.82, 2.24) is 4.57 Å². The number of rotatable bonds is 13. The number of para-hydroxylation sites is 1. The first-order valence-corrected chi connectivity index (χ1v) is 15.5. The lowest BCUT2D eigenvalue weighted by molar-refractivity contribution is -0.152. The minimum Gasteiger partial charge on any atom is -0.489 e. The van der Waals surface area contributed by atoms with Gasteiger partial charge in [0.15, 0.2) is 0 Å². The fraction of sp³-hybridized carbons (Fsp3) is 0.175. The summed E-state index contributed by atoms with van der Waals surface area (Å²) in [5.74, 6) is 1.74. The minimum atomic E-state index is -0.862. The summed E-state index contributed by atoms with van der Waals surface area (Å²) >= 11 is 0. The van der Waals surface area contributed by atoms with E-state index >= 15 is 0 Å². The molecule has 1 heterocycles. The van der Waals surface area contributed by atoms with Crippen LogP contribution in [-0.2, 0) is 29.3 Å². The summed E-state index contributed by atoms with van der Waals surface area (Å²) in [4.78, 5) is 13.3. The first-order valence-electron chi connectivity index (χ1n) is 15.5. The molecule has 0 saturated carbocycles. The monoisotopic (exact) mass is 611 g/mol. The zero-order chi connectivity index (χ0) is 31.7. The molecule has 0 aliphatic rings. The summed E-state index contributed by atoms with van der Waals surface area (Å²) in [6.07, 6.45) is -0.862. The summed E-state index contributed by atoms with van der Waals surface area (Å²) in [5, 5.41) is 1.03. The van der Waals surface area contributed by atoms with Crippen molar-refractivity contribution in [3.05, 3.63) is 150 Å². The molecule has 6 rings (SSSR count). The number of benzene rings is 5. The number of esters is 1. The molecule has 0 bridgehead atoms. The van der Waals surface area contributed by atoms with Crippen LogP contribution in [0.15, 0.2) is 133 Å². The highest BCUT2D eigenvalue weighted by Crippen LogP contribution is 2.37. The third kappa shape index (κ3) is 7.24. The van der Waals surface area contributed by atoms with Gasteiger partial charge < -0.3 is 23.5 Å². The molecule has 0 radical (unpaired) electrons. The van der Waals surface area contributed by atoms with Crippen molar-refractivity contribution in [3.8, 4) is 28.5 Å². The Morgan fingerprint density at radius 2 is 1.24 bits per heavy atom. The van der Waals surface area contributed by atoms with E-state index in [1.165, 1.54) is 0 Å². The Morgan fingerprint density at radius 3 is 1.85 bits per heavy atom. The van der Waals surface area contributed by atoms with E-state index in [-0.39, 0.29) is 13.2 Å². The van der Waals surface area contributed by atoms with Gasteiger partial charge in [0.25, 0.3) is 0 Å². The van der Waals surface area contributed by atoms with E-state index in [9.17, 15) is 4.79 Å². The van der Waals surface area contributed by atoms with Gasteiger partial charge in [0, 0.05) is 10.9 Å². The molecule has 0 spiro atoms. The SMILES string of the molecule is CCOC(=O)C(Cn1c(-c2ccc(OCc3ccccc3)cc2)c(C)c2cc(OCc3ccccc3)ccc21)Oc1ccccc1. The lowest BCUT2D eigenvalue weighted by Gasteiger charge is -2.21. The third-order valence-corrected chi connectivity index (χ3v) is 7.83. The maximum Gasteiger partial charge on any atom is 0.349 e. The van der Waals surface area contributed by atoms with Gasteiger partial charge in [0.1, 0.15) is 30.5 Å². The highest BCUT2D eigenvalue weighted by atomic mass is 16.6. The molecule has 232 valence electrons. The maximum atomic E-state index is 13.3. The Balaban J connectivity index is 1.36. The summed E-state index contributed by atoms with van der Waals surface area (Å²) in [5.41, 5.74) is 6.22. The molecule has 0 aliphatic carbocycles. The molecular weight excluding hydrogens is 574 g/mol. The summed E-state index contributed by atoms with van der Waals surface area (Å²) < 4.78 is 26.1. The van der Waals surface area contributed by atoms with Gasteiger partial charge >= 0.3 is 5.97 Å². The lowest BCUT2D eigenvalue weighted by atomic mass is 10.1. The minimum absolute atomic E-state index is 0.254. The van der Waals surface area contributed by atoms with Gasteiger partial charge in [-0.1, -0.05) is 78.9 Å². The topological polar surface area (TPSA) is 58.9 Å². The van der Waals surface area contributed by atoms with Crippen LogP contribution in [0.1, 0.15) is 23.6 Å². The number of hydrogen-bond acceptors (Lipinski definition) is 5. The largest absolute Gasteiger partial charge is 0.489 e. The maximum absolute atomic E-state index is 13.3. The fourth-order valence-electron chi connectivity index (χ4n) is 5.57. The molecule has 0 aliphatic heterocycles. The zero-order valence-corrected chi connectivity index (χ0v) is 26.1. The van der Waals surface area contributed by atoms with Crippen molar-refractivity contribution in [2.75, 3.05) is 6.61 Å². The summed E-state index contributed by atoms with van der Waals surface area (Å²) in [6, 6.07) is 43.8. The molecule has 46 heavy (non-hydrogen) atoms. The molecule has 0 saturated heterocycles. The number of aromatic nitrogens is 1. The highest BCUT2D eigenvalue weighted by Gasteiger charge is 2.26. The lowest BCUT2D eigenvalue weighted by Crippen LogP contribution is -2.34. The van der Waals surface area contributed by atoms with Crippen molar-refractivity contribution in [2.24, 2.45) is 0 Å². The van der Waals surface area contributed by atoms with Gasteiger partial charge in [0.05, 0.1) is 18.8 Å². The second kappa shape index (κ2) is 14.5. The van der Waals surface area contributed by atoms with E-state index in [1.54, 1.807) is 6.92 Å². The normalized spacial score (nSPS) is 11.6. The van der Waals surface area contributed by atoms with Crippen LogP contribution in [0.25, 0.3) is 22.2 Å². The van der Waals surface area contributed by atoms with E-state index in [4.69, 9.17) is 18.9 Å². The van der Waals surface area contributed by atoms with Crippen LogP contribution in [0.3, 0.4) is 0 Å². The van der Waals surface area contributed by atoms with Gasteiger partial charge in [-0.25, -0.2) is 4.79 Å². The average molecular weight is 612 g/mol. The number of carbonyl (C=O) groups is 1. The van der Waals surface area contributed by atoms with E-state index in [0.717, 1.165) is 50.3 Å².